The molecule has 1 atom stereocenters. The van der Waals surface area contributed by atoms with Crippen molar-refractivity contribution in [3.05, 3.63) is 42.5 Å². The fourth-order valence-corrected chi connectivity index (χ4v) is 1.53. The zero-order valence-electron chi connectivity index (χ0n) is 9.54. The fourth-order valence-electron chi connectivity index (χ4n) is 1.53. The average molecular weight is 224 g/mol. The zero-order valence-corrected chi connectivity index (χ0v) is 9.54. The highest BCUT2D eigenvalue weighted by Crippen LogP contribution is 2.18. The Morgan fingerprint density at radius 2 is 2.06 bits per heavy atom. The van der Waals surface area contributed by atoms with Crippen molar-refractivity contribution in [1.29, 1.82) is 5.26 Å². The Morgan fingerprint density at radius 3 is 2.71 bits per heavy atom. The number of aromatic nitrogens is 3. The van der Waals surface area contributed by atoms with Crippen LogP contribution in [0.25, 0.3) is 11.4 Å². The molecular formula is C13H12N4. The molecule has 2 rings (SSSR count). The summed E-state index contributed by atoms with van der Waals surface area (Å²) >= 11 is 0. The van der Waals surface area contributed by atoms with Crippen LogP contribution >= 0.6 is 0 Å². The van der Waals surface area contributed by atoms with Crippen molar-refractivity contribution in [2.24, 2.45) is 0 Å². The summed E-state index contributed by atoms with van der Waals surface area (Å²) in [7, 11) is 0. The number of rotatable bonds is 3. The summed E-state index contributed by atoms with van der Waals surface area (Å²) in [5, 5.41) is 9.00. The molecule has 0 spiro atoms. The van der Waals surface area contributed by atoms with Crippen molar-refractivity contribution in [2.75, 3.05) is 0 Å². The second-order valence-electron chi connectivity index (χ2n) is 3.60. The molecular weight excluding hydrogens is 212 g/mol. The van der Waals surface area contributed by atoms with Gasteiger partial charge in [-0.3, -0.25) is 4.98 Å². The molecule has 0 fully saturated rings. The van der Waals surface area contributed by atoms with Crippen LogP contribution in [-0.2, 0) is 0 Å². The Kier molecular flexibility index (Phi) is 3.41. The van der Waals surface area contributed by atoms with Gasteiger partial charge in [-0.05, 0) is 24.6 Å². The molecule has 0 N–H and O–H groups in total. The molecule has 4 nitrogen and oxygen atoms in total. The summed E-state index contributed by atoms with van der Waals surface area (Å²) in [6.07, 6.45) is 4.10. The first-order chi connectivity index (χ1) is 8.35. The van der Waals surface area contributed by atoms with E-state index in [4.69, 9.17) is 5.26 Å². The van der Waals surface area contributed by atoms with Crippen molar-refractivity contribution < 1.29 is 0 Å². The molecule has 0 aliphatic rings. The summed E-state index contributed by atoms with van der Waals surface area (Å²) in [5.41, 5.74) is 1.55. The topological polar surface area (TPSA) is 62.5 Å². The van der Waals surface area contributed by atoms with Crippen LogP contribution in [0.5, 0.6) is 0 Å². The normalized spacial score (nSPS) is 11.8. The Hall–Kier alpha value is -2.28. The molecule has 2 aromatic rings. The largest absolute Gasteiger partial charge is 0.255 e. The van der Waals surface area contributed by atoms with Crippen LogP contribution in [0, 0.1) is 11.3 Å². The third kappa shape index (κ3) is 2.45. The molecule has 0 saturated carbocycles. The summed E-state index contributed by atoms with van der Waals surface area (Å²) in [4.78, 5) is 12.8. The van der Waals surface area contributed by atoms with Crippen molar-refractivity contribution in [2.45, 2.75) is 19.3 Å². The summed E-state index contributed by atoms with van der Waals surface area (Å²) in [6, 6.07) is 9.66. The van der Waals surface area contributed by atoms with Gasteiger partial charge in [0, 0.05) is 12.4 Å². The van der Waals surface area contributed by atoms with E-state index in [1.54, 1.807) is 18.5 Å². The standard InChI is InChI=1S/C13H12N4/c1-2-10(9-14)13-16-8-6-12(17-13)11-5-3-4-7-15-11/h3-8,10H,2H2,1H3. The Bertz CT molecular complexity index is 531. The van der Waals surface area contributed by atoms with E-state index < -0.39 is 0 Å². The number of hydrogen-bond donors (Lipinski definition) is 0. The van der Waals surface area contributed by atoms with E-state index in [1.165, 1.54) is 0 Å². The smallest absolute Gasteiger partial charge is 0.146 e. The molecule has 2 heterocycles. The van der Waals surface area contributed by atoms with Crippen LogP contribution in [-0.4, -0.2) is 15.0 Å². The van der Waals surface area contributed by atoms with Crippen molar-refractivity contribution >= 4 is 0 Å². The van der Waals surface area contributed by atoms with Crippen LogP contribution in [0.3, 0.4) is 0 Å². The monoisotopic (exact) mass is 224 g/mol. The van der Waals surface area contributed by atoms with Crippen LogP contribution in [0.4, 0.5) is 0 Å². The Labute approximate surface area is 100.0 Å². The minimum absolute atomic E-state index is 0.251. The average Bonchev–Trinajstić information content (AvgIpc) is 2.42. The van der Waals surface area contributed by atoms with Crippen molar-refractivity contribution in [3.63, 3.8) is 0 Å². The van der Waals surface area contributed by atoms with Gasteiger partial charge in [0.25, 0.3) is 0 Å². The second kappa shape index (κ2) is 5.17. The maximum absolute atomic E-state index is 9.00. The summed E-state index contributed by atoms with van der Waals surface area (Å²) < 4.78 is 0. The SMILES string of the molecule is CCC(C#N)c1nccc(-c2ccccn2)n1. The van der Waals surface area contributed by atoms with E-state index in [0.29, 0.717) is 12.2 Å². The zero-order chi connectivity index (χ0) is 12.1. The molecule has 0 amide bonds. The number of nitrogens with zero attached hydrogens (tertiary/aromatic N) is 4. The molecule has 0 aliphatic heterocycles. The van der Waals surface area contributed by atoms with Gasteiger partial charge in [0.05, 0.1) is 17.5 Å². The van der Waals surface area contributed by atoms with Crippen LogP contribution < -0.4 is 0 Å². The van der Waals surface area contributed by atoms with Gasteiger partial charge in [0.15, 0.2) is 0 Å². The minimum Gasteiger partial charge on any atom is -0.255 e. The molecule has 2 aromatic heterocycles. The quantitative estimate of drug-likeness (QED) is 0.803. The van der Waals surface area contributed by atoms with Gasteiger partial charge in [0.2, 0.25) is 0 Å². The molecule has 0 bridgehead atoms. The van der Waals surface area contributed by atoms with Gasteiger partial charge >= 0.3 is 0 Å². The van der Waals surface area contributed by atoms with E-state index in [2.05, 4.69) is 21.0 Å². The lowest BCUT2D eigenvalue weighted by Crippen LogP contribution is -2.02. The summed E-state index contributed by atoms with van der Waals surface area (Å²) in [6.45, 7) is 1.95. The first kappa shape index (κ1) is 11.2. The van der Waals surface area contributed by atoms with Gasteiger partial charge in [-0.15, -0.1) is 0 Å². The second-order valence-corrected chi connectivity index (χ2v) is 3.60. The highest BCUT2D eigenvalue weighted by Gasteiger charge is 2.12. The lowest BCUT2D eigenvalue weighted by atomic mass is 10.1. The molecule has 4 heteroatoms. The lowest BCUT2D eigenvalue weighted by Gasteiger charge is -2.06. The first-order valence-corrected chi connectivity index (χ1v) is 5.49. The Balaban J connectivity index is 2.39. The summed E-state index contributed by atoms with van der Waals surface area (Å²) in [5.74, 6) is 0.316. The molecule has 0 saturated heterocycles. The molecule has 0 aliphatic carbocycles. The van der Waals surface area contributed by atoms with Gasteiger partial charge < -0.3 is 0 Å². The number of pyridine rings is 1. The molecule has 17 heavy (non-hydrogen) atoms. The molecule has 84 valence electrons. The van der Waals surface area contributed by atoms with E-state index in [-0.39, 0.29) is 5.92 Å². The van der Waals surface area contributed by atoms with Gasteiger partial charge in [-0.1, -0.05) is 13.0 Å². The Morgan fingerprint density at radius 1 is 1.18 bits per heavy atom. The molecule has 0 radical (unpaired) electrons. The van der Waals surface area contributed by atoms with Crippen LogP contribution in [0.1, 0.15) is 25.1 Å². The molecule has 1 unspecified atom stereocenters. The minimum atomic E-state index is -0.251. The van der Waals surface area contributed by atoms with Gasteiger partial charge in [0.1, 0.15) is 11.7 Å². The molecule has 0 aromatic carbocycles. The van der Waals surface area contributed by atoms with Crippen LogP contribution in [0.15, 0.2) is 36.7 Å². The van der Waals surface area contributed by atoms with Gasteiger partial charge in [-0.2, -0.15) is 5.26 Å². The van der Waals surface area contributed by atoms with E-state index in [0.717, 1.165) is 11.4 Å². The third-order valence-corrected chi connectivity index (χ3v) is 2.48. The van der Waals surface area contributed by atoms with E-state index in [9.17, 15) is 0 Å². The maximum atomic E-state index is 9.00. The lowest BCUT2D eigenvalue weighted by molar-refractivity contribution is 0.751. The van der Waals surface area contributed by atoms with Crippen LogP contribution in [0.2, 0.25) is 0 Å². The maximum Gasteiger partial charge on any atom is 0.146 e. The highest BCUT2D eigenvalue weighted by molar-refractivity contribution is 5.52. The number of hydrogen-bond acceptors (Lipinski definition) is 4. The van der Waals surface area contributed by atoms with Crippen molar-refractivity contribution in [1.82, 2.24) is 15.0 Å². The third-order valence-electron chi connectivity index (χ3n) is 2.48. The van der Waals surface area contributed by atoms with E-state index >= 15 is 0 Å². The van der Waals surface area contributed by atoms with Crippen molar-refractivity contribution in [3.8, 4) is 17.5 Å². The van der Waals surface area contributed by atoms with E-state index in [1.807, 2.05) is 25.1 Å². The first-order valence-electron chi connectivity index (χ1n) is 5.49. The predicted molar refractivity (Wildman–Crippen MR) is 63.9 cm³/mol. The fraction of sp³-hybridized carbons (Fsp3) is 0.231. The predicted octanol–water partition coefficient (Wildman–Crippen LogP) is 2.56. The number of nitriles is 1. The van der Waals surface area contributed by atoms with Gasteiger partial charge in [-0.25, -0.2) is 9.97 Å². The highest BCUT2D eigenvalue weighted by atomic mass is 14.9.